The van der Waals surface area contributed by atoms with E-state index in [4.69, 9.17) is 10.5 Å². The average Bonchev–Trinajstić information content (AvgIpc) is 3.45. The Morgan fingerprint density at radius 2 is 2.03 bits per heavy atom. The molecule has 9 nitrogen and oxygen atoms in total. The Morgan fingerprint density at radius 3 is 2.75 bits per heavy atom. The molecule has 1 fully saturated rings. The summed E-state index contributed by atoms with van der Waals surface area (Å²) in [5.74, 6) is -0.582. The highest BCUT2D eigenvalue weighted by molar-refractivity contribution is 5.76. The van der Waals surface area contributed by atoms with Crippen molar-refractivity contribution in [2.75, 3.05) is 25.4 Å². The molecule has 1 spiro atoms. The van der Waals surface area contributed by atoms with Crippen molar-refractivity contribution in [1.29, 1.82) is 0 Å². The fourth-order valence-electron chi connectivity index (χ4n) is 4.77. The number of hydrogen-bond acceptors (Lipinski definition) is 6. The highest BCUT2D eigenvalue weighted by Gasteiger charge is 2.47. The van der Waals surface area contributed by atoms with E-state index in [2.05, 4.69) is 20.4 Å². The summed E-state index contributed by atoms with van der Waals surface area (Å²) in [6.07, 6.45) is 0.577. The van der Waals surface area contributed by atoms with Crippen molar-refractivity contribution >= 4 is 11.8 Å². The number of urea groups is 1. The van der Waals surface area contributed by atoms with E-state index < -0.39 is 28.7 Å². The molecule has 2 aliphatic rings. The third kappa shape index (κ3) is 4.25. The second kappa shape index (κ2) is 8.47. The molecule has 2 amide bonds. The number of carbonyl (C=O) groups is 1. The van der Waals surface area contributed by atoms with Crippen LogP contribution in [0.4, 0.5) is 23.8 Å². The zero-order valence-electron chi connectivity index (χ0n) is 19.8. The van der Waals surface area contributed by atoms with Crippen LogP contribution >= 0.6 is 0 Å². The Kier molecular flexibility index (Phi) is 5.66. The summed E-state index contributed by atoms with van der Waals surface area (Å²) >= 11 is 0. The molecule has 190 valence electrons. The van der Waals surface area contributed by atoms with Crippen LogP contribution in [0.3, 0.4) is 0 Å². The molecule has 3 aromatic heterocycles. The Bertz CT molecular complexity index is 1290. The van der Waals surface area contributed by atoms with E-state index in [0.29, 0.717) is 38.4 Å². The first kappa shape index (κ1) is 24.0. The molecule has 3 N–H and O–H groups in total. The van der Waals surface area contributed by atoms with Gasteiger partial charge in [0.2, 0.25) is 0 Å². The zero-order chi connectivity index (χ0) is 25.7. The van der Waals surface area contributed by atoms with Gasteiger partial charge in [-0.2, -0.15) is 18.3 Å². The maximum absolute atomic E-state index is 13.3. The molecule has 0 saturated carbocycles. The highest BCUT2D eigenvalue weighted by Crippen LogP contribution is 2.41. The monoisotopic (exact) mass is 501 g/mol. The number of carbonyl (C=O) groups excluding carboxylic acids is 1. The van der Waals surface area contributed by atoms with Gasteiger partial charge in [0.05, 0.1) is 42.2 Å². The number of pyridine rings is 2. The zero-order valence-corrected chi connectivity index (χ0v) is 19.8. The standard InChI is InChI=1S/C24H26F3N7O2/c1-22(2,16-4-3-6-29-13-16)31-21(35)33-7-5-23(14-33)19-11-18(32-34(19)8-9-36-23)15-10-17(24(25,26)27)20(28)30-12-15/h3-4,6,10-13H,5,7-9,14H2,1-2H3,(H2,28,30)(H,31,35)/t23-/m1/s1. The molecule has 0 bridgehead atoms. The molecule has 1 atom stereocenters. The van der Waals surface area contributed by atoms with Crippen LogP contribution in [-0.4, -0.2) is 50.4 Å². The Hall–Kier alpha value is -3.67. The normalized spacial score (nSPS) is 20.0. The maximum Gasteiger partial charge on any atom is 0.419 e. The molecule has 3 aromatic rings. The molecular formula is C24H26F3N7O2. The minimum absolute atomic E-state index is 0.208. The Labute approximate surface area is 205 Å². The average molecular weight is 502 g/mol. The lowest BCUT2D eigenvalue weighted by Crippen LogP contribution is -2.49. The van der Waals surface area contributed by atoms with Gasteiger partial charge < -0.3 is 20.7 Å². The minimum Gasteiger partial charge on any atom is -0.383 e. The molecular weight excluding hydrogens is 475 g/mol. The molecule has 0 radical (unpaired) electrons. The number of amides is 2. The predicted molar refractivity (Wildman–Crippen MR) is 124 cm³/mol. The number of aromatic nitrogens is 4. The molecule has 0 aliphatic carbocycles. The van der Waals surface area contributed by atoms with Crippen LogP contribution in [0.1, 0.15) is 37.1 Å². The number of ether oxygens (including phenoxy) is 1. The lowest BCUT2D eigenvalue weighted by atomic mass is 9.96. The molecule has 0 aromatic carbocycles. The van der Waals surface area contributed by atoms with Crippen LogP contribution in [-0.2, 0) is 28.6 Å². The van der Waals surface area contributed by atoms with Gasteiger partial charge in [-0.1, -0.05) is 6.07 Å². The fourth-order valence-corrected chi connectivity index (χ4v) is 4.77. The van der Waals surface area contributed by atoms with Crippen molar-refractivity contribution in [3.05, 3.63) is 59.7 Å². The number of nitrogens with zero attached hydrogens (tertiary/aromatic N) is 5. The van der Waals surface area contributed by atoms with Gasteiger partial charge >= 0.3 is 12.2 Å². The first-order chi connectivity index (χ1) is 17.0. The van der Waals surface area contributed by atoms with Gasteiger partial charge in [-0.3, -0.25) is 9.67 Å². The smallest absolute Gasteiger partial charge is 0.383 e. The van der Waals surface area contributed by atoms with Crippen molar-refractivity contribution in [3.63, 3.8) is 0 Å². The summed E-state index contributed by atoms with van der Waals surface area (Å²) in [4.78, 5) is 22.7. The van der Waals surface area contributed by atoms with Gasteiger partial charge in [0.25, 0.3) is 0 Å². The fraction of sp³-hybridized carbons (Fsp3) is 0.417. The summed E-state index contributed by atoms with van der Waals surface area (Å²) < 4.78 is 48.0. The van der Waals surface area contributed by atoms with E-state index in [1.165, 1.54) is 6.20 Å². The maximum atomic E-state index is 13.3. The van der Waals surface area contributed by atoms with Crippen LogP contribution in [0.15, 0.2) is 42.9 Å². The number of halogens is 3. The minimum atomic E-state index is -4.63. The summed E-state index contributed by atoms with van der Waals surface area (Å²) in [5, 5.41) is 7.58. The lowest BCUT2D eigenvalue weighted by molar-refractivity contribution is -0.137. The van der Waals surface area contributed by atoms with Crippen LogP contribution < -0.4 is 11.1 Å². The Balaban J connectivity index is 1.39. The van der Waals surface area contributed by atoms with Crippen molar-refractivity contribution in [3.8, 4) is 11.3 Å². The molecule has 5 heterocycles. The van der Waals surface area contributed by atoms with E-state index in [1.807, 2.05) is 26.0 Å². The first-order valence-electron chi connectivity index (χ1n) is 11.5. The molecule has 36 heavy (non-hydrogen) atoms. The molecule has 0 unspecified atom stereocenters. The highest BCUT2D eigenvalue weighted by atomic mass is 19.4. The van der Waals surface area contributed by atoms with Gasteiger partial charge in [-0.15, -0.1) is 0 Å². The van der Waals surface area contributed by atoms with Crippen molar-refractivity contribution in [2.24, 2.45) is 0 Å². The van der Waals surface area contributed by atoms with Gasteiger partial charge in [-0.05, 0) is 37.6 Å². The molecule has 12 heteroatoms. The topological polar surface area (TPSA) is 111 Å². The Morgan fingerprint density at radius 1 is 1.22 bits per heavy atom. The summed E-state index contributed by atoms with van der Waals surface area (Å²) in [7, 11) is 0. The molecule has 2 aliphatic heterocycles. The number of nitrogens with one attached hydrogen (secondary N) is 1. The number of fused-ring (bicyclic) bond motifs is 2. The van der Waals surface area contributed by atoms with E-state index in [1.54, 1.807) is 28.0 Å². The lowest BCUT2D eigenvalue weighted by Gasteiger charge is -2.35. The second-order valence-electron chi connectivity index (χ2n) is 9.60. The quantitative estimate of drug-likeness (QED) is 0.568. The third-order valence-corrected chi connectivity index (χ3v) is 6.77. The predicted octanol–water partition coefficient (Wildman–Crippen LogP) is 3.52. The van der Waals surface area contributed by atoms with E-state index >= 15 is 0 Å². The number of alkyl halides is 3. The molecule has 5 rings (SSSR count). The van der Waals surface area contributed by atoms with Gasteiger partial charge in [-0.25, -0.2) is 9.78 Å². The molecule has 1 saturated heterocycles. The van der Waals surface area contributed by atoms with Crippen LogP contribution in [0.2, 0.25) is 0 Å². The van der Waals surface area contributed by atoms with Gasteiger partial charge in [0.1, 0.15) is 11.4 Å². The number of likely N-dealkylation sites (tertiary alicyclic amines) is 1. The van der Waals surface area contributed by atoms with Crippen LogP contribution in [0.25, 0.3) is 11.3 Å². The van der Waals surface area contributed by atoms with E-state index in [9.17, 15) is 18.0 Å². The second-order valence-corrected chi connectivity index (χ2v) is 9.60. The third-order valence-electron chi connectivity index (χ3n) is 6.77. The number of hydrogen-bond donors (Lipinski definition) is 2. The van der Waals surface area contributed by atoms with Gasteiger partial charge in [0, 0.05) is 37.1 Å². The van der Waals surface area contributed by atoms with E-state index in [-0.39, 0.29) is 11.6 Å². The number of nitrogen functional groups attached to an aromatic ring is 1. The number of rotatable bonds is 3. The van der Waals surface area contributed by atoms with Gasteiger partial charge in [0.15, 0.2) is 0 Å². The largest absolute Gasteiger partial charge is 0.419 e. The summed E-state index contributed by atoms with van der Waals surface area (Å²) in [5.41, 5.74) is 5.15. The SMILES string of the molecule is CC(C)(NC(=O)N1CC[C@]2(C1)OCCn1nc(-c3cnc(N)c(C(F)(F)F)c3)cc12)c1cccnc1. The van der Waals surface area contributed by atoms with Crippen LogP contribution in [0.5, 0.6) is 0 Å². The van der Waals surface area contributed by atoms with Crippen molar-refractivity contribution in [2.45, 2.75) is 44.1 Å². The van der Waals surface area contributed by atoms with Crippen LogP contribution in [0, 0.1) is 0 Å². The first-order valence-corrected chi connectivity index (χ1v) is 11.5. The number of nitrogens with two attached hydrogens (primary N) is 1. The van der Waals surface area contributed by atoms with Crippen molar-refractivity contribution in [1.82, 2.24) is 30.0 Å². The summed E-state index contributed by atoms with van der Waals surface area (Å²) in [6.45, 7) is 5.38. The van der Waals surface area contributed by atoms with E-state index in [0.717, 1.165) is 17.3 Å². The van der Waals surface area contributed by atoms with Crippen molar-refractivity contribution < 1.29 is 22.7 Å². The summed E-state index contributed by atoms with van der Waals surface area (Å²) in [6, 6.07) is 6.15. The number of anilines is 1.